The van der Waals surface area contributed by atoms with E-state index in [-0.39, 0.29) is 11.4 Å². The van der Waals surface area contributed by atoms with Gasteiger partial charge in [-0.15, -0.1) is 0 Å². The quantitative estimate of drug-likeness (QED) is 0.529. The molecule has 0 amide bonds. The largest absolute Gasteiger partial charge is 0.468 e. The molecule has 2 N–H and O–H groups in total. The Kier molecular flexibility index (Phi) is 3.09. The lowest BCUT2D eigenvalue weighted by molar-refractivity contribution is -0.142. The molecule has 0 aliphatic heterocycles. The lowest BCUT2D eigenvalue weighted by Gasteiger charge is -2.24. The Hall–Kier alpha value is -0.830. The van der Waals surface area contributed by atoms with Gasteiger partial charge in [-0.3, -0.25) is 4.79 Å². The zero-order valence-electron chi connectivity index (χ0n) is 8.25. The van der Waals surface area contributed by atoms with Crippen LogP contribution in [0.1, 0.15) is 26.2 Å². The Morgan fingerprint density at radius 2 is 2.46 bits per heavy atom. The molecule has 1 unspecified atom stereocenters. The number of allylic oxidation sites excluding steroid dienone is 2. The first kappa shape index (κ1) is 10.3. The number of carbonyl (C=O) groups is 1. The van der Waals surface area contributed by atoms with Gasteiger partial charge in [-0.05, 0) is 24.7 Å². The number of methoxy groups -OCH3 is 1. The minimum absolute atomic E-state index is 0.0909. The van der Waals surface area contributed by atoms with Crippen LogP contribution in [0.2, 0.25) is 0 Å². The molecule has 1 aliphatic rings. The minimum Gasteiger partial charge on any atom is -0.468 e. The molecule has 1 aliphatic carbocycles. The molecule has 3 nitrogen and oxygen atoms in total. The maximum absolute atomic E-state index is 11.1. The highest BCUT2D eigenvalue weighted by Gasteiger charge is 2.29. The number of rotatable bonds is 3. The Morgan fingerprint density at radius 1 is 1.77 bits per heavy atom. The van der Waals surface area contributed by atoms with E-state index in [0.717, 1.165) is 12.8 Å². The summed E-state index contributed by atoms with van der Waals surface area (Å²) in [4.78, 5) is 11.1. The maximum atomic E-state index is 11.1. The van der Waals surface area contributed by atoms with E-state index in [9.17, 15) is 4.79 Å². The third-order valence-corrected chi connectivity index (χ3v) is 2.59. The Bertz CT molecular complexity index is 225. The van der Waals surface area contributed by atoms with E-state index in [0.29, 0.717) is 6.42 Å². The second-order valence-corrected chi connectivity index (χ2v) is 3.93. The van der Waals surface area contributed by atoms with Crippen LogP contribution in [0.3, 0.4) is 0 Å². The molecule has 2 atom stereocenters. The van der Waals surface area contributed by atoms with Gasteiger partial charge in [0.25, 0.3) is 0 Å². The van der Waals surface area contributed by atoms with E-state index < -0.39 is 6.04 Å². The van der Waals surface area contributed by atoms with Gasteiger partial charge in [-0.2, -0.15) is 0 Å². The van der Waals surface area contributed by atoms with Gasteiger partial charge >= 0.3 is 5.97 Å². The van der Waals surface area contributed by atoms with Crippen molar-refractivity contribution in [1.82, 2.24) is 0 Å². The first-order valence-corrected chi connectivity index (χ1v) is 4.58. The van der Waals surface area contributed by atoms with Crippen LogP contribution in [0.5, 0.6) is 0 Å². The van der Waals surface area contributed by atoms with Gasteiger partial charge in [0, 0.05) is 0 Å². The number of hydrogen-bond donors (Lipinski definition) is 1. The summed E-state index contributed by atoms with van der Waals surface area (Å²) in [5, 5.41) is 0. The fraction of sp³-hybridized carbons (Fsp3) is 0.700. The molecule has 0 aromatic heterocycles. The van der Waals surface area contributed by atoms with E-state index in [1.807, 2.05) is 0 Å². The molecule has 13 heavy (non-hydrogen) atoms. The first-order valence-electron chi connectivity index (χ1n) is 4.58. The summed E-state index contributed by atoms with van der Waals surface area (Å²) < 4.78 is 4.58. The van der Waals surface area contributed by atoms with E-state index >= 15 is 0 Å². The lowest BCUT2D eigenvalue weighted by atomic mass is 9.83. The normalized spacial score (nSPS) is 28.8. The summed E-state index contributed by atoms with van der Waals surface area (Å²) in [6.45, 7) is 2.12. The van der Waals surface area contributed by atoms with E-state index in [1.54, 1.807) is 0 Å². The van der Waals surface area contributed by atoms with Crippen LogP contribution in [-0.2, 0) is 9.53 Å². The van der Waals surface area contributed by atoms with Gasteiger partial charge in [-0.1, -0.05) is 19.1 Å². The summed E-state index contributed by atoms with van der Waals surface area (Å²) in [5.74, 6) is -0.318. The molecule has 3 heteroatoms. The van der Waals surface area contributed by atoms with Crippen molar-refractivity contribution in [2.45, 2.75) is 32.2 Å². The monoisotopic (exact) mass is 183 g/mol. The zero-order chi connectivity index (χ0) is 9.90. The molecular weight excluding hydrogens is 166 g/mol. The topological polar surface area (TPSA) is 52.3 Å². The Morgan fingerprint density at radius 3 is 2.92 bits per heavy atom. The number of carbonyl (C=O) groups excluding carboxylic acids is 1. The molecule has 0 bridgehead atoms. The smallest absolute Gasteiger partial charge is 0.322 e. The van der Waals surface area contributed by atoms with Crippen LogP contribution in [0.4, 0.5) is 0 Å². The van der Waals surface area contributed by atoms with E-state index in [4.69, 9.17) is 5.73 Å². The van der Waals surface area contributed by atoms with E-state index in [1.165, 1.54) is 7.11 Å². The van der Waals surface area contributed by atoms with Gasteiger partial charge in [0.2, 0.25) is 0 Å². The highest BCUT2D eigenvalue weighted by atomic mass is 16.5. The van der Waals surface area contributed by atoms with Crippen LogP contribution < -0.4 is 5.73 Å². The van der Waals surface area contributed by atoms with Crippen LogP contribution in [-0.4, -0.2) is 19.1 Å². The molecule has 0 heterocycles. The standard InChI is InChI=1S/C10H17NO2/c1-10(5-3-4-6-10)7-8(11)9(12)13-2/h3,5,8H,4,6-7,11H2,1-2H3/t8-,10?/m0/s1. The molecule has 0 fully saturated rings. The lowest BCUT2D eigenvalue weighted by Crippen LogP contribution is -2.36. The molecule has 74 valence electrons. The van der Waals surface area contributed by atoms with Crippen molar-refractivity contribution in [3.8, 4) is 0 Å². The van der Waals surface area contributed by atoms with Crippen LogP contribution in [0.15, 0.2) is 12.2 Å². The molecule has 0 spiro atoms. The highest BCUT2D eigenvalue weighted by molar-refractivity contribution is 5.75. The predicted octanol–water partition coefficient (Wildman–Crippen LogP) is 1.23. The second kappa shape index (κ2) is 3.92. The summed E-state index contributed by atoms with van der Waals surface area (Å²) in [7, 11) is 1.37. The maximum Gasteiger partial charge on any atom is 0.322 e. The third kappa shape index (κ3) is 2.56. The highest BCUT2D eigenvalue weighted by Crippen LogP contribution is 2.35. The fourth-order valence-corrected chi connectivity index (χ4v) is 1.77. The van der Waals surface area contributed by atoms with Crippen molar-refractivity contribution in [2.75, 3.05) is 7.11 Å². The van der Waals surface area contributed by atoms with Gasteiger partial charge in [0.1, 0.15) is 6.04 Å². The van der Waals surface area contributed by atoms with Crippen molar-refractivity contribution in [3.05, 3.63) is 12.2 Å². The van der Waals surface area contributed by atoms with Crippen molar-refractivity contribution in [3.63, 3.8) is 0 Å². The van der Waals surface area contributed by atoms with Crippen LogP contribution in [0, 0.1) is 5.41 Å². The fourth-order valence-electron chi connectivity index (χ4n) is 1.77. The Labute approximate surface area is 78.9 Å². The molecule has 0 saturated carbocycles. The number of ether oxygens (including phenoxy) is 1. The summed E-state index contributed by atoms with van der Waals surface area (Å²) in [5.41, 5.74) is 5.78. The summed E-state index contributed by atoms with van der Waals surface area (Å²) in [6, 6.07) is -0.488. The molecule has 0 radical (unpaired) electrons. The van der Waals surface area contributed by atoms with Crippen LogP contribution in [0.25, 0.3) is 0 Å². The van der Waals surface area contributed by atoms with Crippen molar-refractivity contribution in [2.24, 2.45) is 11.1 Å². The molecular formula is C10H17NO2. The van der Waals surface area contributed by atoms with Crippen LogP contribution >= 0.6 is 0 Å². The molecule has 0 aromatic carbocycles. The predicted molar refractivity (Wildman–Crippen MR) is 51.1 cm³/mol. The van der Waals surface area contributed by atoms with Gasteiger partial charge in [-0.25, -0.2) is 0 Å². The first-order chi connectivity index (χ1) is 6.07. The number of nitrogens with two attached hydrogens (primary N) is 1. The second-order valence-electron chi connectivity index (χ2n) is 3.93. The number of esters is 1. The average Bonchev–Trinajstić information content (AvgIpc) is 2.50. The summed E-state index contributed by atoms with van der Waals surface area (Å²) >= 11 is 0. The van der Waals surface area contributed by atoms with Gasteiger partial charge in [0.15, 0.2) is 0 Å². The molecule has 0 aromatic rings. The SMILES string of the molecule is COC(=O)[C@@H](N)CC1(C)C=CCC1. The minimum atomic E-state index is -0.488. The third-order valence-electron chi connectivity index (χ3n) is 2.59. The summed E-state index contributed by atoms with van der Waals surface area (Å²) in [6.07, 6.45) is 7.14. The van der Waals surface area contributed by atoms with Crippen molar-refractivity contribution in [1.29, 1.82) is 0 Å². The number of hydrogen-bond acceptors (Lipinski definition) is 3. The van der Waals surface area contributed by atoms with Gasteiger partial charge in [0.05, 0.1) is 7.11 Å². The molecule has 0 saturated heterocycles. The van der Waals surface area contributed by atoms with Crippen molar-refractivity contribution < 1.29 is 9.53 Å². The Balaban J connectivity index is 2.48. The zero-order valence-corrected chi connectivity index (χ0v) is 8.25. The average molecular weight is 183 g/mol. The molecule has 1 rings (SSSR count). The van der Waals surface area contributed by atoms with Crippen molar-refractivity contribution >= 4 is 5.97 Å². The van der Waals surface area contributed by atoms with Gasteiger partial charge < -0.3 is 10.5 Å². The van der Waals surface area contributed by atoms with E-state index in [2.05, 4.69) is 23.8 Å².